The molecular weight excluding hydrogens is 428 g/mol. The number of methoxy groups -OCH3 is 1. The Morgan fingerprint density at radius 3 is 2.56 bits per heavy atom. The van der Waals surface area contributed by atoms with Gasteiger partial charge in [0.1, 0.15) is 11.2 Å². The van der Waals surface area contributed by atoms with Crippen molar-refractivity contribution in [3.8, 4) is 11.3 Å². The molecule has 1 amide bonds. The molecule has 9 heteroatoms. The number of aromatic nitrogens is 3. The molecule has 162 valence electrons. The third kappa shape index (κ3) is 4.02. The summed E-state index contributed by atoms with van der Waals surface area (Å²) in [5.74, 6) is -0.942. The van der Waals surface area contributed by atoms with Crippen molar-refractivity contribution in [1.82, 2.24) is 14.5 Å². The number of nitrogens with one attached hydrogen (secondary N) is 1. The Labute approximate surface area is 187 Å². The number of anilines is 1. The SMILES string of the molecule is CCn1cc(C(=O)Nc2nc(-c3ccc(C(=O)OC)cc3)cs2)c(=O)c2ccc(C)nc21. The van der Waals surface area contributed by atoms with Gasteiger partial charge in [-0.1, -0.05) is 12.1 Å². The Balaban J connectivity index is 1.60. The van der Waals surface area contributed by atoms with Crippen LogP contribution < -0.4 is 10.7 Å². The van der Waals surface area contributed by atoms with Crippen molar-refractivity contribution in [2.24, 2.45) is 0 Å². The molecule has 4 aromatic rings. The zero-order valence-corrected chi connectivity index (χ0v) is 18.5. The van der Waals surface area contributed by atoms with Crippen LogP contribution in [0.25, 0.3) is 22.3 Å². The van der Waals surface area contributed by atoms with Crippen LogP contribution in [0.3, 0.4) is 0 Å². The first-order chi connectivity index (χ1) is 15.4. The average Bonchev–Trinajstić information content (AvgIpc) is 3.27. The van der Waals surface area contributed by atoms with E-state index < -0.39 is 11.9 Å². The number of fused-ring (bicyclic) bond motifs is 1. The number of hydrogen-bond donors (Lipinski definition) is 1. The molecule has 0 bridgehead atoms. The van der Waals surface area contributed by atoms with Crippen molar-refractivity contribution in [3.05, 3.63) is 75.0 Å². The van der Waals surface area contributed by atoms with Crippen molar-refractivity contribution in [3.63, 3.8) is 0 Å². The zero-order valence-electron chi connectivity index (χ0n) is 17.7. The van der Waals surface area contributed by atoms with Crippen molar-refractivity contribution in [1.29, 1.82) is 0 Å². The van der Waals surface area contributed by atoms with Gasteiger partial charge in [-0.3, -0.25) is 14.9 Å². The van der Waals surface area contributed by atoms with Crippen LogP contribution in [-0.2, 0) is 11.3 Å². The monoisotopic (exact) mass is 448 g/mol. The fourth-order valence-electron chi connectivity index (χ4n) is 3.29. The molecular formula is C23H20N4O4S. The number of thiazole rings is 1. The summed E-state index contributed by atoms with van der Waals surface area (Å²) in [5, 5.41) is 5.27. The molecule has 0 saturated carbocycles. The lowest BCUT2D eigenvalue weighted by Crippen LogP contribution is -2.24. The Kier molecular flexibility index (Phi) is 5.83. The van der Waals surface area contributed by atoms with Crippen LogP contribution in [0, 0.1) is 6.92 Å². The van der Waals surface area contributed by atoms with Crippen molar-refractivity contribution in [2.75, 3.05) is 12.4 Å². The van der Waals surface area contributed by atoms with E-state index in [1.165, 1.54) is 24.6 Å². The molecule has 0 aliphatic carbocycles. The number of hydrogen-bond acceptors (Lipinski definition) is 7. The summed E-state index contributed by atoms with van der Waals surface area (Å²) in [4.78, 5) is 46.2. The highest BCUT2D eigenvalue weighted by Gasteiger charge is 2.18. The van der Waals surface area contributed by atoms with Crippen LogP contribution in [0.5, 0.6) is 0 Å². The van der Waals surface area contributed by atoms with Crippen LogP contribution in [0.15, 0.2) is 52.8 Å². The second-order valence-corrected chi connectivity index (χ2v) is 7.90. The molecule has 1 aromatic carbocycles. The number of nitrogens with zero attached hydrogens (tertiary/aromatic N) is 3. The quantitative estimate of drug-likeness (QED) is 0.465. The Morgan fingerprint density at radius 2 is 1.88 bits per heavy atom. The third-order valence-corrected chi connectivity index (χ3v) is 5.73. The second kappa shape index (κ2) is 8.72. The van der Waals surface area contributed by atoms with Gasteiger partial charge in [-0.2, -0.15) is 0 Å². The largest absolute Gasteiger partial charge is 0.465 e. The first-order valence-electron chi connectivity index (χ1n) is 9.87. The lowest BCUT2D eigenvalue weighted by Gasteiger charge is -2.11. The van der Waals surface area contributed by atoms with Crippen LogP contribution in [0.4, 0.5) is 5.13 Å². The summed E-state index contributed by atoms with van der Waals surface area (Å²) in [7, 11) is 1.33. The highest BCUT2D eigenvalue weighted by Crippen LogP contribution is 2.25. The van der Waals surface area contributed by atoms with E-state index in [-0.39, 0.29) is 11.0 Å². The summed E-state index contributed by atoms with van der Waals surface area (Å²) in [6.45, 7) is 4.35. The second-order valence-electron chi connectivity index (χ2n) is 7.04. The fourth-order valence-corrected chi connectivity index (χ4v) is 4.00. The number of pyridine rings is 2. The maximum atomic E-state index is 12.9. The lowest BCUT2D eigenvalue weighted by atomic mass is 10.1. The van der Waals surface area contributed by atoms with Gasteiger partial charge in [0.2, 0.25) is 5.43 Å². The van der Waals surface area contributed by atoms with E-state index in [0.717, 1.165) is 11.3 Å². The van der Waals surface area contributed by atoms with Crippen molar-refractivity contribution >= 4 is 39.4 Å². The summed E-state index contributed by atoms with van der Waals surface area (Å²) in [6, 6.07) is 10.3. The molecule has 0 aliphatic heterocycles. The van der Waals surface area contributed by atoms with Crippen LogP contribution >= 0.6 is 11.3 Å². The number of benzene rings is 1. The molecule has 0 atom stereocenters. The van der Waals surface area contributed by atoms with Gasteiger partial charge in [-0.15, -0.1) is 11.3 Å². The van der Waals surface area contributed by atoms with Crippen LogP contribution in [0.1, 0.15) is 33.3 Å². The topological polar surface area (TPSA) is 103 Å². The summed E-state index contributed by atoms with van der Waals surface area (Å²) >= 11 is 1.25. The van der Waals surface area contributed by atoms with Gasteiger partial charge in [0.25, 0.3) is 5.91 Å². The average molecular weight is 449 g/mol. The third-order valence-electron chi connectivity index (χ3n) is 4.97. The summed E-state index contributed by atoms with van der Waals surface area (Å²) < 4.78 is 6.49. The number of rotatable bonds is 5. The first kappa shape index (κ1) is 21.4. The van der Waals surface area contributed by atoms with E-state index in [4.69, 9.17) is 4.74 Å². The van der Waals surface area contributed by atoms with E-state index in [1.54, 1.807) is 46.3 Å². The van der Waals surface area contributed by atoms with Gasteiger partial charge in [-0.05, 0) is 38.1 Å². The van der Waals surface area contributed by atoms with Gasteiger partial charge in [-0.25, -0.2) is 14.8 Å². The maximum Gasteiger partial charge on any atom is 0.337 e. The number of aryl methyl sites for hydroxylation is 2. The molecule has 0 unspecified atom stereocenters. The molecule has 3 aromatic heterocycles. The zero-order chi connectivity index (χ0) is 22.8. The predicted molar refractivity (Wildman–Crippen MR) is 123 cm³/mol. The molecule has 0 fully saturated rings. The molecule has 1 N–H and O–H groups in total. The molecule has 4 rings (SSSR count). The number of carbonyl (C=O) groups excluding carboxylic acids is 2. The predicted octanol–water partition coefficient (Wildman–Crippen LogP) is 3.89. The van der Waals surface area contributed by atoms with Gasteiger partial charge in [0.15, 0.2) is 5.13 Å². The minimum atomic E-state index is -0.526. The van der Waals surface area contributed by atoms with Gasteiger partial charge in [0.05, 0.1) is 23.8 Å². The maximum absolute atomic E-state index is 12.9. The summed E-state index contributed by atoms with van der Waals surface area (Å²) in [6.07, 6.45) is 1.53. The van der Waals surface area contributed by atoms with E-state index in [9.17, 15) is 14.4 Å². The molecule has 8 nitrogen and oxygen atoms in total. The van der Waals surface area contributed by atoms with Crippen LogP contribution in [0.2, 0.25) is 0 Å². The number of esters is 1. The minimum absolute atomic E-state index is 0.0317. The van der Waals surface area contributed by atoms with E-state index in [1.807, 2.05) is 13.8 Å². The van der Waals surface area contributed by atoms with Gasteiger partial charge in [0, 0.05) is 29.4 Å². The molecule has 0 aliphatic rings. The lowest BCUT2D eigenvalue weighted by molar-refractivity contribution is 0.0600. The van der Waals surface area contributed by atoms with Gasteiger partial charge < -0.3 is 9.30 Å². The summed E-state index contributed by atoms with van der Waals surface area (Å²) in [5.41, 5.74) is 2.88. The highest BCUT2D eigenvalue weighted by atomic mass is 32.1. The number of carbonyl (C=O) groups is 2. The van der Waals surface area contributed by atoms with Crippen LogP contribution in [-0.4, -0.2) is 33.5 Å². The van der Waals surface area contributed by atoms with E-state index in [2.05, 4.69) is 15.3 Å². The number of ether oxygens (including phenoxy) is 1. The smallest absolute Gasteiger partial charge is 0.337 e. The van der Waals surface area contributed by atoms with Crippen molar-refractivity contribution < 1.29 is 14.3 Å². The van der Waals surface area contributed by atoms with Crippen molar-refractivity contribution in [2.45, 2.75) is 20.4 Å². The molecule has 3 heterocycles. The minimum Gasteiger partial charge on any atom is -0.465 e. The van der Waals surface area contributed by atoms with Gasteiger partial charge >= 0.3 is 5.97 Å². The Morgan fingerprint density at radius 1 is 1.12 bits per heavy atom. The standard InChI is InChI=1S/C23H20N4O4S/c1-4-27-11-17(19(28)16-10-5-13(2)24-20(16)27)21(29)26-23-25-18(12-32-23)14-6-8-15(9-7-14)22(30)31-3/h5-12H,4H2,1-3H3,(H,25,26,29). The van der Waals surface area contributed by atoms with E-state index >= 15 is 0 Å². The molecule has 0 spiro atoms. The fraction of sp³-hybridized carbons (Fsp3) is 0.174. The molecule has 0 radical (unpaired) electrons. The first-order valence-corrected chi connectivity index (χ1v) is 10.8. The normalized spacial score (nSPS) is 10.8. The molecule has 32 heavy (non-hydrogen) atoms. The Hall–Kier alpha value is -3.85. The van der Waals surface area contributed by atoms with E-state index in [0.29, 0.717) is 34.0 Å². The number of amides is 1. The highest BCUT2D eigenvalue weighted by molar-refractivity contribution is 7.14. The molecule has 0 saturated heterocycles. The Bertz CT molecular complexity index is 1390.